The van der Waals surface area contributed by atoms with Crippen LogP contribution >= 0.6 is 11.3 Å². The summed E-state index contributed by atoms with van der Waals surface area (Å²) < 4.78 is 5.55. The fraction of sp³-hybridized carbons (Fsp3) is 0.333. The number of nitrogens with zero attached hydrogens (tertiary/aromatic N) is 1. The highest BCUT2D eigenvalue weighted by Crippen LogP contribution is 2.17. The van der Waals surface area contributed by atoms with Crippen LogP contribution in [-0.4, -0.2) is 22.6 Å². The van der Waals surface area contributed by atoms with Crippen molar-refractivity contribution in [2.75, 3.05) is 11.9 Å². The van der Waals surface area contributed by atoms with Gasteiger partial charge in [0.15, 0.2) is 5.13 Å². The molecular formula is C15H18N2O3S. The van der Waals surface area contributed by atoms with Gasteiger partial charge in [-0.3, -0.25) is 4.79 Å². The van der Waals surface area contributed by atoms with E-state index in [2.05, 4.69) is 10.3 Å². The van der Waals surface area contributed by atoms with E-state index < -0.39 is 0 Å². The molecule has 0 unspecified atom stereocenters. The highest BCUT2D eigenvalue weighted by Gasteiger charge is 2.05. The zero-order valence-corrected chi connectivity index (χ0v) is 12.7. The molecule has 0 fully saturated rings. The molecule has 1 heterocycles. The van der Waals surface area contributed by atoms with Crippen LogP contribution in [-0.2, 0) is 11.4 Å². The first-order valence-electron chi connectivity index (χ1n) is 6.72. The van der Waals surface area contributed by atoms with Crippen LogP contribution in [0.4, 0.5) is 5.13 Å². The smallest absolute Gasteiger partial charge is 0.226 e. The lowest BCUT2D eigenvalue weighted by molar-refractivity contribution is -0.116. The van der Waals surface area contributed by atoms with Gasteiger partial charge in [-0.2, -0.15) is 0 Å². The zero-order valence-electron chi connectivity index (χ0n) is 11.8. The number of amides is 1. The predicted molar refractivity (Wildman–Crippen MR) is 82.6 cm³/mol. The number of ether oxygens (including phenoxy) is 1. The number of aliphatic hydroxyl groups is 1. The van der Waals surface area contributed by atoms with Gasteiger partial charge in [0, 0.05) is 17.5 Å². The summed E-state index contributed by atoms with van der Waals surface area (Å²) in [5.41, 5.74) is 0.810. The molecule has 0 aliphatic carbocycles. The minimum atomic E-state index is -0.0583. The van der Waals surface area contributed by atoms with Crippen molar-refractivity contribution < 1.29 is 14.6 Å². The molecule has 6 heteroatoms. The third-order valence-electron chi connectivity index (χ3n) is 2.77. The molecule has 112 valence electrons. The van der Waals surface area contributed by atoms with Crippen LogP contribution in [0.25, 0.3) is 0 Å². The van der Waals surface area contributed by atoms with Gasteiger partial charge in [-0.15, -0.1) is 11.3 Å². The maximum atomic E-state index is 11.7. The lowest BCUT2D eigenvalue weighted by Crippen LogP contribution is -2.12. The van der Waals surface area contributed by atoms with Crippen LogP contribution in [0.5, 0.6) is 5.75 Å². The molecule has 1 aromatic heterocycles. The molecule has 0 saturated carbocycles. The van der Waals surface area contributed by atoms with Crippen molar-refractivity contribution in [1.29, 1.82) is 0 Å². The Balaban J connectivity index is 1.68. The van der Waals surface area contributed by atoms with Gasteiger partial charge in [0.2, 0.25) is 5.91 Å². The third-order valence-corrected chi connectivity index (χ3v) is 3.59. The number of carbonyl (C=O) groups is 1. The van der Waals surface area contributed by atoms with Gasteiger partial charge < -0.3 is 15.2 Å². The van der Waals surface area contributed by atoms with E-state index in [4.69, 9.17) is 9.84 Å². The van der Waals surface area contributed by atoms with Crippen molar-refractivity contribution in [3.05, 3.63) is 40.9 Å². The molecule has 0 bridgehead atoms. The summed E-state index contributed by atoms with van der Waals surface area (Å²) in [4.78, 5) is 16.8. The summed E-state index contributed by atoms with van der Waals surface area (Å²) in [7, 11) is 0. The minimum Gasteiger partial charge on any atom is -0.494 e. The summed E-state index contributed by atoms with van der Waals surface area (Å²) >= 11 is 1.46. The number of rotatable bonds is 7. The van der Waals surface area contributed by atoms with Crippen molar-refractivity contribution >= 4 is 22.4 Å². The van der Waals surface area contributed by atoms with E-state index in [0.29, 0.717) is 30.3 Å². The largest absolute Gasteiger partial charge is 0.494 e. The Kier molecular flexibility index (Phi) is 5.71. The number of carbonyl (C=O) groups excluding carboxylic acids is 1. The summed E-state index contributed by atoms with van der Waals surface area (Å²) in [5, 5.41) is 12.4. The Morgan fingerprint density at radius 3 is 3.05 bits per heavy atom. The Labute approximate surface area is 127 Å². The van der Waals surface area contributed by atoms with Crippen LogP contribution in [0.15, 0.2) is 30.5 Å². The van der Waals surface area contributed by atoms with Crippen molar-refractivity contribution in [2.45, 2.75) is 26.4 Å². The van der Waals surface area contributed by atoms with E-state index in [0.717, 1.165) is 10.4 Å². The van der Waals surface area contributed by atoms with E-state index in [-0.39, 0.29) is 12.5 Å². The monoisotopic (exact) mass is 306 g/mol. The van der Waals surface area contributed by atoms with Crippen molar-refractivity contribution in [1.82, 2.24) is 4.98 Å². The van der Waals surface area contributed by atoms with E-state index in [1.807, 2.05) is 25.1 Å². The minimum absolute atomic E-state index is 0.00711. The molecule has 21 heavy (non-hydrogen) atoms. The molecule has 0 spiro atoms. The number of aromatic nitrogens is 1. The first kappa shape index (κ1) is 15.5. The Hall–Kier alpha value is -1.92. The SMILES string of the molecule is Cc1cnc(NC(=O)CCCOc2cccc(CO)c2)s1. The number of benzene rings is 1. The zero-order chi connectivity index (χ0) is 15.1. The maximum absolute atomic E-state index is 11.7. The van der Waals surface area contributed by atoms with Crippen LogP contribution in [0.3, 0.4) is 0 Å². The molecule has 0 radical (unpaired) electrons. The fourth-order valence-corrected chi connectivity index (χ4v) is 2.43. The Morgan fingerprint density at radius 2 is 2.33 bits per heavy atom. The van der Waals surface area contributed by atoms with E-state index >= 15 is 0 Å². The first-order valence-corrected chi connectivity index (χ1v) is 7.54. The molecule has 2 N–H and O–H groups in total. The topological polar surface area (TPSA) is 71.5 Å². The number of aliphatic hydroxyl groups excluding tert-OH is 1. The van der Waals surface area contributed by atoms with Crippen LogP contribution in [0.1, 0.15) is 23.3 Å². The van der Waals surface area contributed by atoms with Crippen LogP contribution in [0, 0.1) is 6.92 Å². The first-order chi connectivity index (χ1) is 10.2. The second-order valence-corrected chi connectivity index (χ2v) is 5.82. The number of aryl methyl sites for hydroxylation is 1. The maximum Gasteiger partial charge on any atom is 0.226 e. The quantitative estimate of drug-likeness (QED) is 0.772. The van der Waals surface area contributed by atoms with Gasteiger partial charge in [-0.1, -0.05) is 12.1 Å². The lowest BCUT2D eigenvalue weighted by Gasteiger charge is -2.07. The number of anilines is 1. The molecular weight excluding hydrogens is 288 g/mol. The highest BCUT2D eigenvalue weighted by molar-refractivity contribution is 7.15. The van der Waals surface area contributed by atoms with Gasteiger partial charge in [-0.05, 0) is 31.0 Å². The molecule has 1 amide bonds. The molecule has 2 rings (SSSR count). The van der Waals surface area contributed by atoms with Crippen molar-refractivity contribution in [3.8, 4) is 5.75 Å². The number of hydrogen-bond acceptors (Lipinski definition) is 5. The van der Waals surface area contributed by atoms with E-state index in [1.54, 1.807) is 12.3 Å². The second kappa shape index (κ2) is 7.75. The lowest BCUT2D eigenvalue weighted by atomic mass is 10.2. The van der Waals surface area contributed by atoms with Gasteiger partial charge in [0.25, 0.3) is 0 Å². The molecule has 0 aliphatic heterocycles. The van der Waals surface area contributed by atoms with Gasteiger partial charge >= 0.3 is 0 Å². The predicted octanol–water partition coefficient (Wildman–Crippen LogP) is 2.74. The molecule has 0 atom stereocenters. The van der Waals surface area contributed by atoms with E-state index in [9.17, 15) is 4.79 Å². The number of thiazole rings is 1. The molecule has 5 nitrogen and oxygen atoms in total. The summed E-state index contributed by atoms with van der Waals surface area (Å²) in [5.74, 6) is 0.648. The fourth-order valence-electron chi connectivity index (χ4n) is 1.75. The van der Waals surface area contributed by atoms with Crippen molar-refractivity contribution in [2.24, 2.45) is 0 Å². The average molecular weight is 306 g/mol. The molecule has 0 aliphatic rings. The van der Waals surface area contributed by atoms with E-state index in [1.165, 1.54) is 11.3 Å². The van der Waals surface area contributed by atoms with Crippen molar-refractivity contribution in [3.63, 3.8) is 0 Å². The molecule has 1 aromatic carbocycles. The van der Waals surface area contributed by atoms with Crippen LogP contribution in [0.2, 0.25) is 0 Å². The van der Waals surface area contributed by atoms with Gasteiger partial charge in [0.05, 0.1) is 13.2 Å². The van der Waals surface area contributed by atoms with Crippen LogP contribution < -0.4 is 10.1 Å². The highest BCUT2D eigenvalue weighted by atomic mass is 32.1. The summed E-state index contributed by atoms with van der Waals surface area (Å²) in [6, 6.07) is 7.28. The normalized spacial score (nSPS) is 10.4. The molecule has 2 aromatic rings. The third kappa shape index (κ3) is 5.17. The second-order valence-electron chi connectivity index (χ2n) is 4.58. The summed E-state index contributed by atoms with van der Waals surface area (Å²) in [6.45, 7) is 2.40. The Morgan fingerprint density at radius 1 is 1.48 bits per heavy atom. The number of hydrogen-bond donors (Lipinski definition) is 2. The average Bonchev–Trinajstić information content (AvgIpc) is 2.89. The molecule has 0 saturated heterocycles. The summed E-state index contributed by atoms with van der Waals surface area (Å²) in [6.07, 6.45) is 2.75. The number of nitrogens with one attached hydrogen (secondary N) is 1. The van der Waals surface area contributed by atoms with Gasteiger partial charge in [-0.25, -0.2) is 4.98 Å². The standard InChI is InChI=1S/C15H18N2O3S/c1-11-9-16-15(21-11)17-14(19)6-3-7-20-13-5-2-4-12(8-13)10-18/h2,4-5,8-9,18H,3,6-7,10H2,1H3,(H,16,17,19). The van der Waals surface area contributed by atoms with Gasteiger partial charge in [0.1, 0.15) is 5.75 Å². The Bertz CT molecular complexity index is 598.